The molecule has 2 N–H and O–H groups in total. The molecule has 31 heavy (non-hydrogen) atoms. The number of unbranched alkanes of at least 4 members (excludes halogenated alkanes) is 2. The first-order valence-electron chi connectivity index (χ1n) is 10.6. The predicted octanol–water partition coefficient (Wildman–Crippen LogP) is 4.08. The van der Waals surface area contributed by atoms with Gasteiger partial charge in [-0.15, -0.1) is 0 Å². The summed E-state index contributed by atoms with van der Waals surface area (Å²) in [4.78, 5) is 30.0. The maximum absolute atomic E-state index is 12.9. The Bertz CT molecular complexity index is 952. The molecule has 1 aliphatic carbocycles. The molecule has 0 aliphatic heterocycles. The van der Waals surface area contributed by atoms with Crippen LogP contribution in [0.1, 0.15) is 57.8 Å². The Kier molecular flexibility index (Phi) is 7.20. The molecule has 3 rings (SSSR count). The van der Waals surface area contributed by atoms with Crippen molar-refractivity contribution in [3.63, 3.8) is 0 Å². The lowest BCUT2D eigenvalue weighted by Gasteiger charge is -2.24. The molecule has 0 atom stereocenters. The zero-order chi connectivity index (χ0) is 22.4. The Labute approximate surface area is 181 Å². The number of benzene rings is 1. The fraction of sp³-hybridized carbons (Fsp3) is 0.478. The molecule has 0 unspecified atom stereocenters. The minimum Gasteiger partial charge on any atom is -0.370 e. The largest absolute Gasteiger partial charge is 0.370 e. The number of carbonyl (C=O) groups is 2. The van der Waals surface area contributed by atoms with Crippen LogP contribution in [0.2, 0.25) is 0 Å². The van der Waals surface area contributed by atoms with Gasteiger partial charge < -0.3 is 15.2 Å². The van der Waals surface area contributed by atoms with Gasteiger partial charge in [-0.3, -0.25) is 14.0 Å². The normalized spacial score (nSPS) is 14.3. The molecule has 1 heterocycles. The summed E-state index contributed by atoms with van der Waals surface area (Å²) >= 11 is 0. The topological polar surface area (TPSA) is 102 Å². The van der Waals surface area contributed by atoms with Crippen molar-refractivity contribution >= 4 is 17.5 Å². The number of hydrogen-bond donors (Lipinski definition) is 1. The first-order valence-corrected chi connectivity index (χ1v) is 10.6. The highest BCUT2D eigenvalue weighted by Gasteiger charge is 2.44. The summed E-state index contributed by atoms with van der Waals surface area (Å²) < 4.78 is 18.2. The van der Waals surface area contributed by atoms with E-state index in [9.17, 15) is 14.0 Å². The second kappa shape index (κ2) is 9.85. The number of hydrogen-bond acceptors (Lipinski definition) is 5. The van der Waals surface area contributed by atoms with Crippen molar-refractivity contribution in [3.05, 3.63) is 42.3 Å². The predicted molar refractivity (Wildman–Crippen MR) is 116 cm³/mol. The molecule has 166 valence electrons. The van der Waals surface area contributed by atoms with Crippen LogP contribution in [-0.4, -0.2) is 35.2 Å². The summed E-state index contributed by atoms with van der Waals surface area (Å²) in [5, 5.41) is 4.11. The molecule has 1 aliphatic rings. The second-order valence-electron chi connectivity index (χ2n) is 8.31. The lowest BCUT2D eigenvalue weighted by molar-refractivity contribution is -0.118. The Morgan fingerprint density at radius 1 is 1.26 bits per heavy atom. The van der Waals surface area contributed by atoms with E-state index in [0.29, 0.717) is 43.2 Å². The van der Waals surface area contributed by atoms with Crippen LogP contribution in [-0.2, 0) is 15.0 Å². The lowest BCUT2D eigenvalue weighted by atomic mass is 10.1. The van der Waals surface area contributed by atoms with Crippen LogP contribution in [0.4, 0.5) is 10.1 Å². The third-order valence-electron chi connectivity index (χ3n) is 5.61. The molecule has 2 aromatic rings. The van der Waals surface area contributed by atoms with Gasteiger partial charge in [-0.2, -0.15) is 4.98 Å². The highest BCUT2D eigenvalue weighted by molar-refractivity contribution is 6.05. The average Bonchev–Trinajstić information content (AvgIpc) is 3.29. The molecule has 1 aromatic heterocycles. The number of aromatic nitrogens is 2. The molecule has 2 amide bonds. The molecule has 0 bridgehead atoms. The zero-order valence-electron chi connectivity index (χ0n) is 17.9. The quantitative estimate of drug-likeness (QED) is 0.405. The maximum atomic E-state index is 12.9. The Morgan fingerprint density at radius 2 is 2.03 bits per heavy atom. The summed E-state index contributed by atoms with van der Waals surface area (Å²) in [6.45, 7) is 5.62. The molecule has 7 nitrogen and oxygen atoms in total. The van der Waals surface area contributed by atoms with Crippen molar-refractivity contribution in [1.29, 1.82) is 0 Å². The Hall–Kier alpha value is -3.03. The Morgan fingerprint density at radius 3 is 2.71 bits per heavy atom. The van der Waals surface area contributed by atoms with E-state index in [4.69, 9.17) is 10.3 Å². The maximum Gasteiger partial charge on any atom is 0.253 e. The van der Waals surface area contributed by atoms with Crippen LogP contribution < -0.4 is 10.6 Å². The molecule has 1 fully saturated rings. The number of primary amides is 1. The number of amides is 2. The number of carbonyl (C=O) groups excluding carboxylic acids is 2. The molecule has 0 saturated heterocycles. The van der Waals surface area contributed by atoms with Crippen molar-refractivity contribution in [2.75, 3.05) is 18.1 Å². The molecule has 1 saturated carbocycles. The van der Waals surface area contributed by atoms with E-state index in [-0.39, 0.29) is 29.2 Å². The number of halogens is 1. The standard InChI is InChI=1S/C23H29FN4O3/c1-16(10-13-24)21(30)28(14-5-3-4-9-19(25)29)18-8-6-7-17(15-18)20-26-22(31-27-20)23(2)11-12-23/h6-8,15H,1,3-5,9-14H2,2H3,(H2,25,29). The first-order chi connectivity index (χ1) is 14.8. The van der Waals surface area contributed by atoms with Gasteiger partial charge >= 0.3 is 0 Å². The third-order valence-corrected chi connectivity index (χ3v) is 5.61. The van der Waals surface area contributed by atoms with Gasteiger partial charge in [0.25, 0.3) is 5.91 Å². The summed E-state index contributed by atoms with van der Waals surface area (Å²) in [6.07, 6.45) is 4.45. The van der Waals surface area contributed by atoms with Gasteiger partial charge in [0.1, 0.15) is 0 Å². The van der Waals surface area contributed by atoms with Crippen LogP contribution in [0.25, 0.3) is 11.4 Å². The number of alkyl halides is 1. The first kappa shape index (κ1) is 22.7. The monoisotopic (exact) mass is 428 g/mol. The molecule has 0 radical (unpaired) electrons. The smallest absolute Gasteiger partial charge is 0.253 e. The van der Waals surface area contributed by atoms with E-state index < -0.39 is 6.67 Å². The van der Waals surface area contributed by atoms with Gasteiger partial charge in [0, 0.05) is 41.6 Å². The van der Waals surface area contributed by atoms with E-state index in [2.05, 4.69) is 23.6 Å². The third kappa shape index (κ3) is 5.77. The van der Waals surface area contributed by atoms with Crippen molar-refractivity contribution in [3.8, 4) is 11.4 Å². The fourth-order valence-electron chi connectivity index (χ4n) is 3.31. The fourth-order valence-corrected chi connectivity index (χ4v) is 3.31. The van der Waals surface area contributed by atoms with Crippen LogP contribution in [0.5, 0.6) is 0 Å². The van der Waals surface area contributed by atoms with Gasteiger partial charge in [0.15, 0.2) is 0 Å². The van der Waals surface area contributed by atoms with Gasteiger partial charge in [0.05, 0.1) is 6.67 Å². The van der Waals surface area contributed by atoms with E-state index in [0.717, 1.165) is 24.8 Å². The number of nitrogens with zero attached hydrogens (tertiary/aromatic N) is 3. The summed E-state index contributed by atoms with van der Waals surface area (Å²) in [6, 6.07) is 7.33. The Balaban J connectivity index is 1.78. The average molecular weight is 429 g/mol. The van der Waals surface area contributed by atoms with Crippen molar-refractivity contribution < 1.29 is 18.5 Å². The van der Waals surface area contributed by atoms with Crippen LogP contribution in [0, 0.1) is 0 Å². The van der Waals surface area contributed by atoms with Crippen molar-refractivity contribution in [1.82, 2.24) is 10.1 Å². The van der Waals surface area contributed by atoms with E-state index in [1.165, 1.54) is 0 Å². The second-order valence-corrected chi connectivity index (χ2v) is 8.31. The summed E-state index contributed by atoms with van der Waals surface area (Å²) in [5.41, 5.74) is 6.76. The SMILES string of the molecule is C=C(CCF)C(=O)N(CCCCCC(N)=O)c1cccc(-c2noc(C3(C)CC3)n2)c1. The van der Waals surface area contributed by atoms with Crippen molar-refractivity contribution in [2.45, 2.75) is 57.3 Å². The van der Waals surface area contributed by atoms with Crippen LogP contribution in [0.15, 0.2) is 40.9 Å². The van der Waals surface area contributed by atoms with Crippen molar-refractivity contribution in [2.24, 2.45) is 5.73 Å². The zero-order valence-corrected chi connectivity index (χ0v) is 17.9. The van der Waals surface area contributed by atoms with Gasteiger partial charge in [0.2, 0.25) is 17.6 Å². The van der Waals surface area contributed by atoms with Gasteiger partial charge in [-0.05, 0) is 37.8 Å². The minimum absolute atomic E-state index is 0.0104. The van der Waals surface area contributed by atoms with Gasteiger partial charge in [-0.1, -0.05) is 37.2 Å². The number of anilines is 1. The van der Waals surface area contributed by atoms with E-state index in [1.807, 2.05) is 24.3 Å². The number of nitrogens with two attached hydrogens (primary N) is 1. The summed E-state index contributed by atoms with van der Waals surface area (Å²) in [7, 11) is 0. The highest BCUT2D eigenvalue weighted by Crippen LogP contribution is 2.47. The van der Waals surface area contributed by atoms with E-state index in [1.54, 1.807) is 4.90 Å². The molecule has 1 aromatic carbocycles. The van der Waals surface area contributed by atoms with Crippen LogP contribution in [0.3, 0.4) is 0 Å². The molecular weight excluding hydrogens is 399 g/mol. The highest BCUT2D eigenvalue weighted by atomic mass is 19.1. The molecule has 8 heteroatoms. The summed E-state index contributed by atoms with van der Waals surface area (Å²) in [5.74, 6) is 0.452. The molecule has 0 spiro atoms. The van der Waals surface area contributed by atoms with E-state index >= 15 is 0 Å². The number of rotatable bonds is 12. The minimum atomic E-state index is -0.637. The molecular formula is C23H29FN4O3. The van der Waals surface area contributed by atoms with Gasteiger partial charge in [-0.25, -0.2) is 0 Å². The lowest BCUT2D eigenvalue weighted by Crippen LogP contribution is -2.33. The van der Waals surface area contributed by atoms with Crippen LogP contribution >= 0.6 is 0 Å².